The van der Waals surface area contributed by atoms with Gasteiger partial charge in [0.05, 0.1) is 22.7 Å². The molecule has 1 aromatic heterocycles. The SMILES string of the molecule is CNC(=O)c1c(-c2ccc(Cl)cc2)oc2cc(N(Cc3ccc([N+](=O)[O-])c(C#N)c3)S(=O)O)c(C3CC3)cc12. The molecule has 1 aliphatic rings. The van der Waals surface area contributed by atoms with Gasteiger partial charge in [-0.2, -0.15) is 5.26 Å². The van der Waals surface area contributed by atoms with Gasteiger partial charge >= 0.3 is 0 Å². The minimum atomic E-state index is -2.49. The number of nitro benzene ring substituents is 1. The fraction of sp³-hybridized carbons (Fsp3) is 0.185. The van der Waals surface area contributed by atoms with E-state index in [9.17, 15) is 28.9 Å². The Morgan fingerprint density at radius 2 is 1.97 bits per heavy atom. The van der Waals surface area contributed by atoms with Crippen LogP contribution in [0.1, 0.15) is 45.8 Å². The summed E-state index contributed by atoms with van der Waals surface area (Å²) in [5.74, 6) is 0.115. The Morgan fingerprint density at radius 3 is 2.56 bits per heavy atom. The van der Waals surface area contributed by atoms with E-state index in [1.807, 2.05) is 12.1 Å². The summed E-state index contributed by atoms with van der Waals surface area (Å²) in [6.45, 7) is -0.103. The van der Waals surface area contributed by atoms with Gasteiger partial charge in [-0.05, 0) is 66.3 Å². The predicted molar refractivity (Wildman–Crippen MR) is 147 cm³/mol. The van der Waals surface area contributed by atoms with Gasteiger partial charge in [-0.1, -0.05) is 17.7 Å². The van der Waals surface area contributed by atoms with E-state index in [1.165, 1.54) is 29.6 Å². The van der Waals surface area contributed by atoms with Crippen molar-refractivity contribution in [1.29, 1.82) is 5.26 Å². The smallest absolute Gasteiger partial charge is 0.287 e. The monoisotopic (exact) mass is 564 g/mol. The van der Waals surface area contributed by atoms with Crippen molar-refractivity contribution in [1.82, 2.24) is 5.32 Å². The zero-order chi connectivity index (χ0) is 27.8. The van der Waals surface area contributed by atoms with Crippen molar-refractivity contribution in [2.45, 2.75) is 25.3 Å². The molecule has 1 fully saturated rings. The van der Waals surface area contributed by atoms with Crippen molar-refractivity contribution in [3.8, 4) is 17.4 Å². The summed E-state index contributed by atoms with van der Waals surface area (Å²) in [7, 11) is 1.53. The molecule has 0 bridgehead atoms. The van der Waals surface area contributed by atoms with Crippen LogP contribution in [0.25, 0.3) is 22.3 Å². The minimum absolute atomic E-state index is 0.103. The van der Waals surface area contributed by atoms with Gasteiger partial charge in [0.25, 0.3) is 22.9 Å². The number of carbonyl (C=O) groups excluding carboxylic acids is 1. The highest BCUT2D eigenvalue weighted by molar-refractivity contribution is 7.80. The third kappa shape index (κ3) is 5.09. The van der Waals surface area contributed by atoms with Gasteiger partial charge in [0.1, 0.15) is 23.0 Å². The van der Waals surface area contributed by atoms with Gasteiger partial charge < -0.3 is 9.73 Å². The number of rotatable bonds is 8. The lowest BCUT2D eigenvalue weighted by Crippen LogP contribution is -2.26. The molecule has 12 heteroatoms. The first kappa shape index (κ1) is 26.4. The molecule has 1 saturated carbocycles. The lowest BCUT2D eigenvalue weighted by Gasteiger charge is -2.23. The third-order valence-electron chi connectivity index (χ3n) is 6.58. The summed E-state index contributed by atoms with van der Waals surface area (Å²) in [5.41, 5.74) is 2.49. The minimum Gasteiger partial charge on any atom is -0.455 e. The van der Waals surface area contributed by atoms with E-state index in [0.717, 1.165) is 18.4 Å². The molecule has 1 unspecified atom stereocenters. The van der Waals surface area contributed by atoms with Gasteiger partial charge in [0.2, 0.25) is 0 Å². The molecule has 4 aromatic rings. The van der Waals surface area contributed by atoms with E-state index < -0.39 is 16.2 Å². The number of nitrogens with one attached hydrogen (secondary N) is 1. The second kappa shape index (κ2) is 10.5. The van der Waals surface area contributed by atoms with Crippen LogP contribution in [0.2, 0.25) is 5.02 Å². The molecular formula is C27H21ClN4O6S. The molecule has 1 amide bonds. The van der Waals surface area contributed by atoms with Gasteiger partial charge in [0.15, 0.2) is 0 Å². The Balaban J connectivity index is 1.66. The summed E-state index contributed by atoms with van der Waals surface area (Å²) < 4.78 is 30.3. The van der Waals surface area contributed by atoms with Gasteiger partial charge in [-0.25, -0.2) is 4.21 Å². The van der Waals surface area contributed by atoms with E-state index in [2.05, 4.69) is 5.32 Å². The number of nitriles is 1. The largest absolute Gasteiger partial charge is 0.455 e. The number of nitrogens with zero attached hydrogens (tertiary/aromatic N) is 3. The molecule has 2 N–H and O–H groups in total. The maximum atomic E-state index is 13.0. The second-order valence-corrected chi connectivity index (χ2v) is 10.4. The number of carbonyl (C=O) groups is 1. The molecule has 0 radical (unpaired) electrons. The van der Waals surface area contributed by atoms with Crippen LogP contribution in [-0.2, 0) is 17.8 Å². The molecule has 0 spiro atoms. The number of hydrogen-bond donors (Lipinski definition) is 2. The molecule has 0 saturated heterocycles. The molecular weight excluding hydrogens is 544 g/mol. The first-order chi connectivity index (χ1) is 18.7. The van der Waals surface area contributed by atoms with E-state index in [1.54, 1.807) is 30.3 Å². The Bertz CT molecular complexity index is 1690. The topological polar surface area (TPSA) is 150 Å². The maximum absolute atomic E-state index is 13.0. The van der Waals surface area contributed by atoms with E-state index >= 15 is 0 Å². The van der Waals surface area contributed by atoms with Crippen LogP contribution in [0.3, 0.4) is 0 Å². The van der Waals surface area contributed by atoms with Crippen molar-refractivity contribution >= 4 is 51.1 Å². The number of furan rings is 1. The number of nitro groups is 1. The van der Waals surface area contributed by atoms with Crippen molar-refractivity contribution in [3.63, 3.8) is 0 Å². The maximum Gasteiger partial charge on any atom is 0.287 e. The van der Waals surface area contributed by atoms with Crippen LogP contribution in [-0.4, -0.2) is 26.6 Å². The number of benzene rings is 3. The van der Waals surface area contributed by atoms with Crippen molar-refractivity contribution in [2.24, 2.45) is 0 Å². The van der Waals surface area contributed by atoms with E-state index in [-0.39, 0.29) is 29.6 Å². The number of amides is 1. The highest BCUT2D eigenvalue weighted by Crippen LogP contribution is 2.48. The van der Waals surface area contributed by atoms with Crippen LogP contribution in [0.5, 0.6) is 0 Å². The Labute approximate surface area is 230 Å². The van der Waals surface area contributed by atoms with Crippen LogP contribution in [0, 0.1) is 21.4 Å². The molecule has 1 heterocycles. The average Bonchev–Trinajstić information content (AvgIpc) is 3.71. The van der Waals surface area contributed by atoms with Crippen LogP contribution < -0.4 is 9.62 Å². The lowest BCUT2D eigenvalue weighted by atomic mass is 10.00. The summed E-state index contributed by atoms with van der Waals surface area (Å²) >= 11 is 3.56. The summed E-state index contributed by atoms with van der Waals surface area (Å²) in [6, 6.07) is 16.1. The predicted octanol–water partition coefficient (Wildman–Crippen LogP) is 5.91. The van der Waals surface area contributed by atoms with Gasteiger partial charge in [0, 0.05) is 35.2 Å². The normalized spacial score (nSPS) is 13.6. The van der Waals surface area contributed by atoms with Crippen LogP contribution in [0.15, 0.2) is 59.0 Å². The lowest BCUT2D eigenvalue weighted by molar-refractivity contribution is -0.385. The summed E-state index contributed by atoms with van der Waals surface area (Å²) in [5, 5.41) is 24.3. The molecule has 10 nitrogen and oxygen atoms in total. The fourth-order valence-electron chi connectivity index (χ4n) is 4.56. The number of hydrogen-bond acceptors (Lipinski definition) is 6. The molecule has 0 aliphatic heterocycles. The Morgan fingerprint density at radius 1 is 1.26 bits per heavy atom. The Hall–Kier alpha value is -4.24. The molecule has 1 aliphatic carbocycles. The quantitative estimate of drug-likeness (QED) is 0.153. The fourth-order valence-corrected chi connectivity index (χ4v) is 5.27. The molecule has 198 valence electrons. The van der Waals surface area contributed by atoms with Crippen LogP contribution in [0.4, 0.5) is 11.4 Å². The van der Waals surface area contributed by atoms with E-state index in [4.69, 9.17) is 16.0 Å². The summed E-state index contributed by atoms with van der Waals surface area (Å²) in [4.78, 5) is 23.6. The highest BCUT2D eigenvalue weighted by Gasteiger charge is 2.32. The summed E-state index contributed by atoms with van der Waals surface area (Å²) in [6.07, 6.45) is 1.75. The zero-order valence-electron chi connectivity index (χ0n) is 20.5. The van der Waals surface area contributed by atoms with Gasteiger partial charge in [-0.3, -0.25) is 23.8 Å². The molecule has 3 aromatic carbocycles. The first-order valence-electron chi connectivity index (χ1n) is 11.9. The highest BCUT2D eigenvalue weighted by atomic mass is 35.5. The van der Waals surface area contributed by atoms with Gasteiger partial charge in [-0.15, -0.1) is 0 Å². The third-order valence-corrected chi connectivity index (χ3v) is 7.53. The van der Waals surface area contributed by atoms with E-state index in [0.29, 0.717) is 44.1 Å². The van der Waals surface area contributed by atoms with Crippen molar-refractivity contribution < 1.29 is 22.9 Å². The molecule has 5 rings (SSSR count). The van der Waals surface area contributed by atoms with Crippen LogP contribution >= 0.6 is 11.6 Å². The first-order valence-corrected chi connectivity index (χ1v) is 13.3. The number of halogens is 1. The average molecular weight is 565 g/mol. The number of fused-ring (bicyclic) bond motifs is 1. The zero-order valence-corrected chi connectivity index (χ0v) is 22.1. The molecule has 1 atom stereocenters. The Kier molecular flexibility index (Phi) is 7.10. The standard InChI is InChI=1S/C27H21ClN4O6S/c1-30-27(33)25-21-11-20(16-3-4-16)23(12-24(21)38-26(25)17-5-7-19(28)8-6-17)31(39(36)37)14-15-2-9-22(32(34)35)18(10-15)13-29/h2,5-12,16H,3-4,14H2,1H3,(H,30,33)(H,36,37). The van der Waals surface area contributed by atoms with Crippen molar-refractivity contribution in [2.75, 3.05) is 11.4 Å². The molecule has 39 heavy (non-hydrogen) atoms. The van der Waals surface area contributed by atoms with Crippen molar-refractivity contribution in [3.05, 3.63) is 92.0 Å². The second-order valence-electron chi connectivity index (χ2n) is 9.06. The number of anilines is 1.